The number of thiophene rings is 1. The van der Waals surface area contributed by atoms with E-state index in [2.05, 4.69) is 26.8 Å². The van der Waals surface area contributed by atoms with Crippen molar-refractivity contribution < 1.29 is 18.4 Å². The number of hydrogen-bond acceptors (Lipinski definition) is 3. The number of rotatable bonds is 2. The minimum atomic E-state index is -0.872. The molecule has 0 aliphatic heterocycles. The van der Waals surface area contributed by atoms with Gasteiger partial charge in [0.2, 0.25) is 0 Å². The number of amides is 2. The lowest BCUT2D eigenvalue weighted by atomic mass is 10.2. The van der Waals surface area contributed by atoms with E-state index in [-0.39, 0.29) is 5.56 Å². The van der Waals surface area contributed by atoms with E-state index in [1.807, 2.05) is 0 Å². The summed E-state index contributed by atoms with van der Waals surface area (Å²) in [5.74, 6) is -3.08. The van der Waals surface area contributed by atoms with Crippen molar-refractivity contribution >= 4 is 39.1 Å². The lowest BCUT2D eigenvalue weighted by Gasteiger charge is -2.06. The molecule has 4 nitrogen and oxygen atoms in total. The molecule has 0 spiro atoms. The molecule has 0 aliphatic rings. The monoisotopic (exact) mass is 360 g/mol. The molecular weight excluding hydrogens is 354 g/mol. The van der Waals surface area contributed by atoms with Crippen molar-refractivity contribution in [3.05, 3.63) is 56.2 Å². The number of hydrogen-bond donors (Lipinski definition) is 2. The maximum absolute atomic E-state index is 12.9. The van der Waals surface area contributed by atoms with E-state index in [1.54, 1.807) is 12.1 Å². The predicted molar refractivity (Wildman–Crippen MR) is 73.3 cm³/mol. The standard InChI is InChI=1S/C12H7BrF2N2O2S/c13-10-2-1-9(20-10)12(19)17-16-11(18)6-3-7(14)5-8(15)4-6/h1-5H,(H,16,18)(H,17,19). The zero-order valence-corrected chi connectivity index (χ0v) is 12.1. The second-order valence-corrected chi connectivity index (χ2v) is 6.13. The number of carbonyl (C=O) groups is 2. The summed E-state index contributed by atoms with van der Waals surface area (Å²) in [7, 11) is 0. The number of nitrogens with one attached hydrogen (secondary N) is 2. The molecule has 20 heavy (non-hydrogen) atoms. The van der Waals surface area contributed by atoms with Gasteiger partial charge in [-0.1, -0.05) is 0 Å². The smallest absolute Gasteiger partial charge is 0.267 e. The fourth-order valence-corrected chi connectivity index (χ4v) is 2.65. The van der Waals surface area contributed by atoms with Crippen LogP contribution in [0.15, 0.2) is 34.1 Å². The Balaban J connectivity index is 2.00. The summed E-state index contributed by atoms with van der Waals surface area (Å²) in [6, 6.07) is 5.64. The quantitative estimate of drug-likeness (QED) is 0.809. The first-order chi connectivity index (χ1) is 9.45. The van der Waals surface area contributed by atoms with Crippen molar-refractivity contribution in [3.8, 4) is 0 Å². The Kier molecular flexibility index (Phi) is 4.46. The molecule has 0 atom stereocenters. The van der Waals surface area contributed by atoms with Crippen molar-refractivity contribution in [2.45, 2.75) is 0 Å². The van der Waals surface area contributed by atoms with Crippen molar-refractivity contribution in [1.29, 1.82) is 0 Å². The van der Waals surface area contributed by atoms with Crippen LogP contribution in [0.2, 0.25) is 0 Å². The van der Waals surface area contributed by atoms with Gasteiger partial charge in [0.25, 0.3) is 11.8 Å². The number of benzene rings is 1. The van der Waals surface area contributed by atoms with Crippen LogP contribution in [0, 0.1) is 11.6 Å². The van der Waals surface area contributed by atoms with Crippen LogP contribution in [0.3, 0.4) is 0 Å². The van der Waals surface area contributed by atoms with Crippen LogP contribution < -0.4 is 10.9 Å². The van der Waals surface area contributed by atoms with Crippen molar-refractivity contribution in [2.24, 2.45) is 0 Å². The summed E-state index contributed by atoms with van der Waals surface area (Å²) in [5.41, 5.74) is 4.01. The highest BCUT2D eigenvalue weighted by Gasteiger charge is 2.12. The van der Waals surface area contributed by atoms with Gasteiger partial charge in [0.15, 0.2) is 0 Å². The highest BCUT2D eigenvalue weighted by molar-refractivity contribution is 9.11. The Labute approximate surface area is 124 Å². The van der Waals surface area contributed by atoms with Crippen molar-refractivity contribution in [1.82, 2.24) is 10.9 Å². The molecule has 2 aromatic rings. The van der Waals surface area contributed by atoms with Gasteiger partial charge in [-0.05, 0) is 40.2 Å². The minimum absolute atomic E-state index is 0.227. The molecule has 0 fully saturated rings. The third-order valence-corrected chi connectivity index (χ3v) is 3.83. The van der Waals surface area contributed by atoms with Gasteiger partial charge in [0.1, 0.15) is 11.6 Å². The first-order valence-electron chi connectivity index (χ1n) is 5.28. The number of halogens is 3. The second-order valence-electron chi connectivity index (χ2n) is 3.67. The third kappa shape index (κ3) is 3.61. The molecule has 1 heterocycles. The first-order valence-corrected chi connectivity index (χ1v) is 6.89. The van der Waals surface area contributed by atoms with E-state index in [4.69, 9.17) is 0 Å². The maximum Gasteiger partial charge on any atom is 0.279 e. The van der Waals surface area contributed by atoms with Gasteiger partial charge >= 0.3 is 0 Å². The lowest BCUT2D eigenvalue weighted by Crippen LogP contribution is -2.41. The van der Waals surface area contributed by atoms with Crippen LogP contribution in [0.1, 0.15) is 20.0 Å². The van der Waals surface area contributed by atoms with Gasteiger partial charge in [-0.15, -0.1) is 11.3 Å². The van der Waals surface area contributed by atoms with E-state index in [0.717, 1.165) is 15.9 Å². The molecule has 8 heteroatoms. The molecule has 0 unspecified atom stereocenters. The van der Waals surface area contributed by atoms with E-state index in [0.29, 0.717) is 10.9 Å². The average molecular weight is 361 g/mol. The molecule has 0 bridgehead atoms. The summed E-state index contributed by atoms with van der Waals surface area (Å²) in [5, 5.41) is 0. The van der Waals surface area contributed by atoms with Crippen LogP contribution in [0.5, 0.6) is 0 Å². The van der Waals surface area contributed by atoms with Crippen LogP contribution in [0.25, 0.3) is 0 Å². The van der Waals surface area contributed by atoms with Gasteiger partial charge in [0.05, 0.1) is 8.66 Å². The molecular formula is C12H7BrF2N2O2S. The summed E-state index contributed by atoms with van der Waals surface area (Å²) in [6.45, 7) is 0. The highest BCUT2D eigenvalue weighted by Crippen LogP contribution is 2.21. The van der Waals surface area contributed by atoms with Crippen molar-refractivity contribution in [2.75, 3.05) is 0 Å². The second kappa shape index (κ2) is 6.10. The molecule has 104 valence electrons. The van der Waals surface area contributed by atoms with Gasteiger partial charge in [-0.25, -0.2) is 8.78 Å². The van der Waals surface area contributed by atoms with Gasteiger partial charge < -0.3 is 0 Å². The molecule has 0 radical (unpaired) electrons. The predicted octanol–water partition coefficient (Wildman–Crippen LogP) is 2.86. The maximum atomic E-state index is 12.9. The molecule has 0 saturated carbocycles. The van der Waals surface area contributed by atoms with E-state index in [9.17, 15) is 18.4 Å². The average Bonchev–Trinajstić information content (AvgIpc) is 2.81. The molecule has 2 amide bonds. The molecule has 2 rings (SSSR count). The Morgan fingerprint density at radius 2 is 1.60 bits per heavy atom. The van der Waals surface area contributed by atoms with E-state index < -0.39 is 23.4 Å². The number of carbonyl (C=O) groups excluding carboxylic acids is 2. The topological polar surface area (TPSA) is 58.2 Å². The van der Waals surface area contributed by atoms with Gasteiger partial charge in [0, 0.05) is 11.6 Å². The SMILES string of the molecule is O=C(NNC(=O)c1ccc(Br)s1)c1cc(F)cc(F)c1. The summed E-state index contributed by atoms with van der Waals surface area (Å²) in [4.78, 5) is 23.6. The van der Waals surface area contributed by atoms with Gasteiger partial charge in [-0.3, -0.25) is 20.4 Å². The molecule has 1 aromatic carbocycles. The summed E-state index contributed by atoms with van der Waals surface area (Å²) >= 11 is 4.38. The Morgan fingerprint density at radius 1 is 1.00 bits per heavy atom. The van der Waals surface area contributed by atoms with Gasteiger partial charge in [-0.2, -0.15) is 0 Å². The first kappa shape index (κ1) is 14.6. The van der Waals surface area contributed by atoms with Crippen LogP contribution in [-0.4, -0.2) is 11.8 Å². The minimum Gasteiger partial charge on any atom is -0.267 e. The van der Waals surface area contributed by atoms with Crippen LogP contribution in [0.4, 0.5) is 8.78 Å². The number of hydrazine groups is 1. The Morgan fingerprint density at radius 3 is 2.15 bits per heavy atom. The zero-order chi connectivity index (χ0) is 14.7. The Hall–Kier alpha value is -1.80. The molecule has 2 N–H and O–H groups in total. The van der Waals surface area contributed by atoms with Crippen LogP contribution >= 0.6 is 27.3 Å². The zero-order valence-electron chi connectivity index (χ0n) is 9.75. The summed E-state index contributed by atoms with van der Waals surface area (Å²) in [6.07, 6.45) is 0. The Bertz CT molecular complexity index is 655. The molecule has 0 saturated heterocycles. The normalized spacial score (nSPS) is 10.2. The van der Waals surface area contributed by atoms with Crippen LogP contribution in [-0.2, 0) is 0 Å². The lowest BCUT2D eigenvalue weighted by molar-refractivity contribution is 0.0848. The molecule has 0 aliphatic carbocycles. The summed E-state index contributed by atoms with van der Waals surface area (Å²) < 4.78 is 26.7. The molecule has 1 aromatic heterocycles. The third-order valence-electron chi connectivity index (χ3n) is 2.21. The van der Waals surface area contributed by atoms with Crippen molar-refractivity contribution in [3.63, 3.8) is 0 Å². The van der Waals surface area contributed by atoms with E-state index >= 15 is 0 Å². The largest absolute Gasteiger partial charge is 0.279 e. The fourth-order valence-electron chi connectivity index (χ4n) is 1.37. The highest BCUT2D eigenvalue weighted by atomic mass is 79.9. The fraction of sp³-hybridized carbons (Fsp3) is 0. The van der Waals surface area contributed by atoms with E-state index in [1.165, 1.54) is 11.3 Å².